The summed E-state index contributed by atoms with van der Waals surface area (Å²) in [5, 5.41) is 26.7. The van der Waals surface area contributed by atoms with Crippen LogP contribution in [0.3, 0.4) is 0 Å². The van der Waals surface area contributed by atoms with Crippen molar-refractivity contribution in [2.75, 3.05) is 24.5 Å². The van der Waals surface area contributed by atoms with Crippen LogP contribution >= 0.6 is 11.6 Å². The zero-order valence-electron chi connectivity index (χ0n) is 17.5. The molecule has 8 nitrogen and oxygen atoms in total. The van der Waals surface area contributed by atoms with Crippen LogP contribution in [0, 0.1) is 0 Å². The largest absolute Gasteiger partial charge is 0.478 e. The molecule has 2 aromatic carbocycles. The maximum Gasteiger partial charge on any atom is 0.328 e. The van der Waals surface area contributed by atoms with Crippen molar-refractivity contribution in [3.8, 4) is 0 Å². The number of carboxylic acid groups (broad SMARTS) is 2. The summed E-state index contributed by atoms with van der Waals surface area (Å²) in [6, 6.07) is 16.1. The van der Waals surface area contributed by atoms with E-state index in [0.29, 0.717) is 35.8 Å². The predicted octanol–water partition coefficient (Wildman–Crippen LogP) is 2.76. The molecule has 3 N–H and O–H groups in total. The standard InChI is InChI=1S/C19H21ClN2O2.C4H4O4/c1-2-21-12-17(18(23)13-21)22(16-6-4-3-5-7-16)19(24)14-8-10-15(20)11-9-14;5-3(6)1-2-4(7)8/h3-11,17-18,23H,2,12-13H2,1H3;1-2H,(H,5,6)(H,7,8)/t17-,18-;/m1./s1. The van der Waals surface area contributed by atoms with E-state index in [2.05, 4.69) is 11.8 Å². The Hall–Kier alpha value is -3.20. The molecule has 1 aliphatic heterocycles. The molecule has 0 saturated carbocycles. The first kappa shape index (κ1) is 25.1. The number of carboxylic acids is 2. The third-order valence-corrected chi connectivity index (χ3v) is 5.08. The number of aliphatic hydroxyl groups is 1. The number of hydrogen-bond donors (Lipinski definition) is 3. The molecule has 1 heterocycles. The Bertz CT molecular complexity index is 933. The van der Waals surface area contributed by atoms with Crippen LogP contribution in [0.15, 0.2) is 66.7 Å². The molecular formula is C23H25ClN2O6. The van der Waals surface area contributed by atoms with Crippen LogP contribution in [0.1, 0.15) is 17.3 Å². The Labute approximate surface area is 191 Å². The number of nitrogens with zero attached hydrogens (tertiary/aromatic N) is 2. The quantitative estimate of drug-likeness (QED) is 0.567. The average Bonchev–Trinajstić information content (AvgIpc) is 3.14. The summed E-state index contributed by atoms with van der Waals surface area (Å²) in [6.07, 6.45) is 0.548. The van der Waals surface area contributed by atoms with Gasteiger partial charge in [-0.3, -0.25) is 9.69 Å². The first-order valence-electron chi connectivity index (χ1n) is 9.91. The van der Waals surface area contributed by atoms with Gasteiger partial charge in [0.25, 0.3) is 5.91 Å². The highest BCUT2D eigenvalue weighted by molar-refractivity contribution is 6.30. The van der Waals surface area contributed by atoms with Crippen LogP contribution < -0.4 is 4.90 Å². The highest BCUT2D eigenvalue weighted by Gasteiger charge is 2.38. The van der Waals surface area contributed by atoms with Gasteiger partial charge in [-0.2, -0.15) is 0 Å². The van der Waals surface area contributed by atoms with Crippen LogP contribution in [0.25, 0.3) is 0 Å². The second-order valence-corrected chi connectivity index (χ2v) is 7.45. The van der Waals surface area contributed by atoms with Crippen molar-refractivity contribution in [3.05, 3.63) is 77.3 Å². The number of aliphatic hydroxyl groups excluding tert-OH is 1. The van der Waals surface area contributed by atoms with Gasteiger partial charge in [0.05, 0.1) is 12.1 Å². The van der Waals surface area contributed by atoms with E-state index in [1.54, 1.807) is 29.2 Å². The summed E-state index contributed by atoms with van der Waals surface area (Å²) < 4.78 is 0. The summed E-state index contributed by atoms with van der Waals surface area (Å²) in [4.78, 5) is 36.1. The van der Waals surface area contributed by atoms with Gasteiger partial charge >= 0.3 is 11.9 Å². The maximum atomic E-state index is 13.1. The van der Waals surface area contributed by atoms with E-state index in [-0.39, 0.29) is 11.9 Å². The Morgan fingerprint density at radius 2 is 1.56 bits per heavy atom. The maximum absolute atomic E-state index is 13.1. The third kappa shape index (κ3) is 7.19. The number of carbonyl (C=O) groups is 3. The second kappa shape index (κ2) is 12.0. The molecular weight excluding hydrogens is 436 g/mol. The van der Waals surface area contributed by atoms with Gasteiger partial charge in [0.1, 0.15) is 0 Å². The lowest BCUT2D eigenvalue weighted by Gasteiger charge is -2.31. The topological polar surface area (TPSA) is 118 Å². The van der Waals surface area contributed by atoms with Crippen LogP contribution in [0.5, 0.6) is 0 Å². The van der Waals surface area contributed by atoms with E-state index in [4.69, 9.17) is 21.8 Å². The van der Waals surface area contributed by atoms with E-state index in [1.165, 1.54) is 0 Å². The van der Waals surface area contributed by atoms with Crippen molar-refractivity contribution < 1.29 is 29.7 Å². The van der Waals surface area contributed by atoms with Gasteiger partial charge in [-0.25, -0.2) is 9.59 Å². The van der Waals surface area contributed by atoms with Gasteiger partial charge in [0.2, 0.25) is 0 Å². The molecule has 2 atom stereocenters. The van der Waals surface area contributed by atoms with Gasteiger partial charge in [0, 0.05) is 41.5 Å². The van der Waals surface area contributed by atoms with Gasteiger partial charge in [0.15, 0.2) is 0 Å². The van der Waals surface area contributed by atoms with Crippen molar-refractivity contribution in [1.82, 2.24) is 4.90 Å². The summed E-state index contributed by atoms with van der Waals surface area (Å²) in [6.45, 7) is 4.15. The molecule has 1 aliphatic rings. The smallest absolute Gasteiger partial charge is 0.328 e. The lowest BCUT2D eigenvalue weighted by molar-refractivity contribution is -0.134. The molecule has 0 spiro atoms. The fourth-order valence-corrected chi connectivity index (χ4v) is 3.41. The number of halogens is 1. The number of likely N-dealkylation sites (tertiary alicyclic amines) is 1. The van der Waals surface area contributed by atoms with E-state index in [1.807, 2.05) is 30.3 Å². The van der Waals surface area contributed by atoms with Crippen molar-refractivity contribution in [2.24, 2.45) is 0 Å². The minimum Gasteiger partial charge on any atom is -0.478 e. The van der Waals surface area contributed by atoms with Gasteiger partial charge in [-0.15, -0.1) is 0 Å². The lowest BCUT2D eigenvalue weighted by atomic mass is 10.1. The zero-order chi connectivity index (χ0) is 23.7. The molecule has 0 aliphatic carbocycles. The number of benzene rings is 2. The van der Waals surface area contributed by atoms with Gasteiger partial charge < -0.3 is 20.2 Å². The summed E-state index contributed by atoms with van der Waals surface area (Å²) in [7, 11) is 0. The number of carbonyl (C=O) groups excluding carboxylic acids is 1. The molecule has 9 heteroatoms. The first-order valence-corrected chi connectivity index (χ1v) is 10.3. The number of likely N-dealkylation sites (N-methyl/N-ethyl adjacent to an activating group) is 1. The number of anilines is 1. The molecule has 170 valence electrons. The summed E-state index contributed by atoms with van der Waals surface area (Å²) in [5.41, 5.74) is 1.35. The Kier molecular flexibility index (Phi) is 9.39. The summed E-state index contributed by atoms with van der Waals surface area (Å²) >= 11 is 5.93. The molecule has 3 rings (SSSR count). The highest BCUT2D eigenvalue weighted by atomic mass is 35.5. The first-order chi connectivity index (χ1) is 15.2. The molecule has 0 bridgehead atoms. The number of β-amino-alcohol motifs (C(OH)–C–C–N with tert-alkyl or cyclic N) is 1. The minimum absolute atomic E-state index is 0.125. The van der Waals surface area contributed by atoms with Gasteiger partial charge in [-0.05, 0) is 42.9 Å². The van der Waals surface area contributed by atoms with Gasteiger partial charge in [-0.1, -0.05) is 36.7 Å². The fourth-order valence-electron chi connectivity index (χ4n) is 3.28. The van der Waals surface area contributed by atoms with Crippen molar-refractivity contribution in [1.29, 1.82) is 0 Å². The SMILES string of the molecule is CCN1C[C@@H](O)[C@H](N(C(=O)c2ccc(Cl)cc2)c2ccccc2)C1.O=C(O)C=CC(=O)O. The Morgan fingerprint density at radius 3 is 2.03 bits per heavy atom. The number of aliphatic carboxylic acids is 2. The van der Waals surface area contributed by atoms with Crippen LogP contribution in [-0.2, 0) is 9.59 Å². The Morgan fingerprint density at radius 1 is 1.00 bits per heavy atom. The normalized spacial score (nSPS) is 18.1. The van der Waals surface area contributed by atoms with Crippen LogP contribution in [0.2, 0.25) is 5.02 Å². The minimum atomic E-state index is -1.26. The van der Waals surface area contributed by atoms with E-state index >= 15 is 0 Å². The monoisotopic (exact) mass is 460 g/mol. The zero-order valence-corrected chi connectivity index (χ0v) is 18.2. The summed E-state index contributed by atoms with van der Waals surface area (Å²) in [5.74, 6) is -2.64. The molecule has 0 radical (unpaired) electrons. The number of para-hydroxylation sites is 1. The second-order valence-electron chi connectivity index (χ2n) is 7.01. The van der Waals surface area contributed by atoms with Crippen molar-refractivity contribution >= 4 is 35.1 Å². The molecule has 1 amide bonds. The molecule has 1 saturated heterocycles. The Balaban J connectivity index is 0.000000390. The lowest BCUT2D eigenvalue weighted by Crippen LogP contribution is -2.47. The number of hydrogen-bond acceptors (Lipinski definition) is 5. The number of rotatable bonds is 6. The molecule has 0 aromatic heterocycles. The van der Waals surface area contributed by atoms with E-state index < -0.39 is 18.0 Å². The molecule has 2 aromatic rings. The van der Waals surface area contributed by atoms with Crippen molar-refractivity contribution in [3.63, 3.8) is 0 Å². The molecule has 32 heavy (non-hydrogen) atoms. The molecule has 1 fully saturated rings. The molecule has 0 unspecified atom stereocenters. The third-order valence-electron chi connectivity index (χ3n) is 4.83. The van der Waals surface area contributed by atoms with Crippen molar-refractivity contribution in [2.45, 2.75) is 19.1 Å². The van der Waals surface area contributed by atoms with E-state index in [9.17, 15) is 19.5 Å². The van der Waals surface area contributed by atoms with Crippen LogP contribution in [0.4, 0.5) is 5.69 Å². The predicted molar refractivity (Wildman–Crippen MR) is 121 cm³/mol. The van der Waals surface area contributed by atoms with Crippen LogP contribution in [-0.4, -0.2) is 69.8 Å². The highest BCUT2D eigenvalue weighted by Crippen LogP contribution is 2.26. The number of amides is 1. The average molecular weight is 461 g/mol. The fraction of sp³-hybridized carbons (Fsp3) is 0.261. The van der Waals surface area contributed by atoms with E-state index in [0.717, 1.165) is 12.2 Å².